The number of para-hydroxylation sites is 3. The van der Waals surface area contributed by atoms with Gasteiger partial charge in [-0.15, -0.1) is 0 Å². The van der Waals surface area contributed by atoms with Gasteiger partial charge in [0.25, 0.3) is 5.91 Å². The lowest BCUT2D eigenvalue weighted by molar-refractivity contribution is -0.118. The number of H-pyrrole nitrogens is 1. The van der Waals surface area contributed by atoms with Crippen molar-refractivity contribution in [3.8, 4) is 5.75 Å². The second kappa shape index (κ2) is 20.9. The largest absolute Gasteiger partial charge is 0.482 e. The molecule has 0 radical (unpaired) electrons. The van der Waals surface area contributed by atoms with E-state index in [1.165, 1.54) is 38.2 Å². The van der Waals surface area contributed by atoms with Crippen LogP contribution >= 0.6 is 0 Å². The van der Waals surface area contributed by atoms with Crippen LogP contribution in [-0.2, 0) is 11.2 Å². The number of amides is 1. The van der Waals surface area contributed by atoms with E-state index in [0.29, 0.717) is 0 Å². The molecule has 47 heavy (non-hydrogen) atoms. The summed E-state index contributed by atoms with van der Waals surface area (Å²) in [5, 5.41) is 3.76. The summed E-state index contributed by atoms with van der Waals surface area (Å²) >= 11 is 0. The highest BCUT2D eigenvalue weighted by Crippen LogP contribution is 2.41. The number of carbonyl (C=O) groups excluding carboxylic acids is 1. The normalized spacial score (nSPS) is 13.7. The van der Waals surface area contributed by atoms with Crippen LogP contribution in [0.1, 0.15) is 99.1 Å². The first-order valence-corrected chi connectivity index (χ1v) is 17.3. The van der Waals surface area contributed by atoms with Gasteiger partial charge in [-0.25, -0.2) is 0 Å². The number of aromatic nitrogens is 1. The Hall–Kier alpha value is -4.12. The smallest absolute Gasteiger partial charge is 0.262 e. The average molecular weight is 639 g/mol. The van der Waals surface area contributed by atoms with Crippen molar-refractivity contribution in [2.45, 2.75) is 94.4 Å². The van der Waals surface area contributed by atoms with Gasteiger partial charge in [0.15, 0.2) is 6.61 Å². The molecule has 2 aliphatic carbocycles. The summed E-state index contributed by atoms with van der Waals surface area (Å²) in [5.41, 5.74) is 8.12. The van der Waals surface area contributed by atoms with Gasteiger partial charge >= 0.3 is 0 Å². The van der Waals surface area contributed by atoms with Gasteiger partial charge in [-0.1, -0.05) is 122 Å². The van der Waals surface area contributed by atoms with Crippen molar-refractivity contribution in [2.24, 2.45) is 17.8 Å². The molecule has 2 N–H and O–H groups in total. The Labute approximate surface area is 283 Å². The second-order valence-corrected chi connectivity index (χ2v) is 14.1. The molecule has 0 atom stereocenters. The molecule has 0 fully saturated rings. The minimum absolute atomic E-state index is 0.0521. The molecule has 5 nitrogen and oxygen atoms in total. The third kappa shape index (κ3) is 15.3. The van der Waals surface area contributed by atoms with Gasteiger partial charge in [-0.05, 0) is 96.2 Å². The van der Waals surface area contributed by atoms with Crippen LogP contribution in [0.3, 0.4) is 0 Å². The number of aromatic amines is 1. The van der Waals surface area contributed by atoms with Crippen LogP contribution in [-0.4, -0.2) is 17.5 Å². The number of carbonyl (C=O) groups is 1. The van der Waals surface area contributed by atoms with Crippen LogP contribution < -0.4 is 15.6 Å². The zero-order chi connectivity index (χ0) is 34.8. The van der Waals surface area contributed by atoms with Crippen molar-refractivity contribution in [1.29, 1.82) is 0 Å². The maximum Gasteiger partial charge on any atom is 0.262 e. The first-order valence-electron chi connectivity index (χ1n) is 17.3. The fraction of sp³-hybridized carbons (Fsp3) is 0.429. The van der Waals surface area contributed by atoms with Gasteiger partial charge < -0.3 is 15.0 Å². The summed E-state index contributed by atoms with van der Waals surface area (Å²) in [4.78, 5) is 24.4. The Morgan fingerprint density at radius 3 is 1.91 bits per heavy atom. The van der Waals surface area contributed by atoms with Gasteiger partial charge in [-0.2, -0.15) is 0 Å². The molecule has 3 aliphatic rings. The number of ether oxygens (including phenoxy) is 1. The molecule has 0 spiro atoms. The third-order valence-corrected chi connectivity index (χ3v) is 6.48. The monoisotopic (exact) mass is 638 g/mol. The minimum atomic E-state index is -0.0938. The van der Waals surface area contributed by atoms with Crippen LogP contribution in [0.5, 0.6) is 5.75 Å². The number of hydrogen-bond acceptors (Lipinski definition) is 3. The van der Waals surface area contributed by atoms with E-state index in [0.717, 1.165) is 40.1 Å². The molecule has 254 valence electrons. The van der Waals surface area contributed by atoms with Crippen LogP contribution in [0, 0.1) is 17.8 Å². The Morgan fingerprint density at radius 1 is 0.638 bits per heavy atom. The number of anilines is 1. The molecule has 3 aromatic carbocycles. The summed E-state index contributed by atoms with van der Waals surface area (Å²) in [7, 11) is 0. The van der Waals surface area contributed by atoms with Crippen LogP contribution in [0.15, 0.2) is 95.3 Å². The SMILES string of the molecule is CC(C)C.CC(C)C.CC(C)C.O=C1COc2ccccc2N1.O=c1ccc2ccccc2[nH]1.c1ccc2c(c1)CC1=C2CCCC1. The van der Waals surface area contributed by atoms with E-state index >= 15 is 0 Å². The molecule has 5 heteroatoms. The standard InChI is InChI=1S/C13H14.C9H7NO.C8H7NO2.3C4H10/c1-3-7-12-10(5-1)9-11-6-2-4-8-13(11)12;11-9-6-5-7-3-1-2-4-8(7)10-9;10-8-5-11-7-4-2-1-3-6(7)9-8;3*1-4(2)3/h1,3,5,7H,2,4,6,8-9H2;1-6H,(H,10,11);1-4H,5H2,(H,9,10);3*4H,1-3H3. The molecule has 1 aromatic heterocycles. The quantitative estimate of drug-likeness (QED) is 0.201. The highest BCUT2D eigenvalue weighted by Gasteiger charge is 2.22. The van der Waals surface area contributed by atoms with E-state index in [1.807, 2.05) is 54.6 Å². The van der Waals surface area contributed by atoms with E-state index < -0.39 is 0 Å². The Balaban J connectivity index is 0.000000211. The summed E-state index contributed by atoms with van der Waals surface area (Å²) in [6.45, 7) is 19.6. The number of benzene rings is 3. The van der Waals surface area contributed by atoms with E-state index in [2.05, 4.69) is 96.9 Å². The fourth-order valence-corrected chi connectivity index (χ4v) is 4.81. The number of hydrogen-bond donors (Lipinski definition) is 2. The zero-order valence-electron chi connectivity index (χ0n) is 30.3. The van der Waals surface area contributed by atoms with Gasteiger partial charge in [0.05, 0.1) is 5.69 Å². The molecule has 2 heterocycles. The van der Waals surface area contributed by atoms with E-state index in [9.17, 15) is 9.59 Å². The number of fused-ring (bicyclic) bond motifs is 4. The van der Waals surface area contributed by atoms with E-state index in [1.54, 1.807) is 22.3 Å². The second-order valence-electron chi connectivity index (χ2n) is 14.1. The Morgan fingerprint density at radius 2 is 1.21 bits per heavy atom. The topological polar surface area (TPSA) is 71.2 Å². The predicted molar refractivity (Wildman–Crippen MR) is 202 cm³/mol. The lowest BCUT2D eigenvalue weighted by atomic mass is 9.92. The maximum atomic E-state index is 10.8. The highest BCUT2D eigenvalue weighted by molar-refractivity contribution is 5.95. The summed E-state index contributed by atoms with van der Waals surface area (Å²) in [6.07, 6.45) is 6.72. The van der Waals surface area contributed by atoms with Crippen molar-refractivity contribution in [1.82, 2.24) is 4.98 Å². The molecule has 0 saturated heterocycles. The molecule has 0 saturated carbocycles. The highest BCUT2D eigenvalue weighted by atomic mass is 16.5. The number of pyridine rings is 1. The predicted octanol–water partition coefficient (Wildman–Crippen LogP) is 11.1. The van der Waals surface area contributed by atoms with Crippen LogP contribution in [0.4, 0.5) is 5.69 Å². The molecule has 1 aliphatic heterocycles. The van der Waals surface area contributed by atoms with Crippen LogP contribution in [0.2, 0.25) is 0 Å². The van der Waals surface area contributed by atoms with Crippen molar-refractivity contribution >= 4 is 28.1 Å². The fourth-order valence-electron chi connectivity index (χ4n) is 4.81. The average Bonchev–Trinajstić information content (AvgIpc) is 3.40. The minimum Gasteiger partial charge on any atom is -0.482 e. The molecule has 1 amide bonds. The third-order valence-electron chi connectivity index (χ3n) is 6.48. The van der Waals surface area contributed by atoms with E-state index in [4.69, 9.17) is 4.74 Å². The lowest BCUT2D eigenvalue weighted by Crippen LogP contribution is -2.25. The molecular weight excluding hydrogens is 580 g/mol. The van der Waals surface area contributed by atoms with Gasteiger partial charge in [0.2, 0.25) is 5.56 Å². The van der Waals surface area contributed by atoms with Crippen molar-refractivity contribution in [3.05, 3.63) is 112 Å². The molecule has 0 unspecified atom stereocenters. The number of allylic oxidation sites excluding steroid dienone is 2. The summed E-state index contributed by atoms with van der Waals surface area (Å²) in [6, 6.07) is 27.3. The van der Waals surface area contributed by atoms with E-state index in [-0.39, 0.29) is 18.1 Å². The van der Waals surface area contributed by atoms with Gasteiger partial charge in [-0.3, -0.25) is 9.59 Å². The van der Waals surface area contributed by atoms with Crippen molar-refractivity contribution in [3.63, 3.8) is 0 Å². The molecule has 4 aromatic rings. The van der Waals surface area contributed by atoms with Crippen LogP contribution in [0.25, 0.3) is 16.5 Å². The summed E-state index contributed by atoms with van der Waals surface area (Å²) in [5.74, 6) is 3.15. The van der Waals surface area contributed by atoms with Crippen molar-refractivity contribution in [2.75, 3.05) is 11.9 Å². The Kier molecular flexibility index (Phi) is 17.4. The van der Waals surface area contributed by atoms with Gasteiger partial charge in [0, 0.05) is 11.6 Å². The van der Waals surface area contributed by atoms with Crippen molar-refractivity contribution < 1.29 is 9.53 Å². The number of rotatable bonds is 0. The zero-order valence-corrected chi connectivity index (χ0v) is 30.3. The first-order chi connectivity index (χ1) is 22.4. The Bertz CT molecular complexity index is 1570. The number of nitrogens with one attached hydrogen (secondary N) is 2. The first kappa shape index (κ1) is 39.1. The molecular formula is C42H58N2O3. The molecule has 0 bridgehead atoms. The maximum absolute atomic E-state index is 10.8. The lowest BCUT2D eigenvalue weighted by Gasteiger charge is -2.16. The van der Waals surface area contributed by atoms with Gasteiger partial charge in [0.1, 0.15) is 5.75 Å². The summed E-state index contributed by atoms with van der Waals surface area (Å²) < 4.78 is 5.12. The molecule has 7 rings (SSSR count).